The Labute approximate surface area is 130 Å². The third-order valence-corrected chi connectivity index (χ3v) is 3.52. The Hall–Kier alpha value is -0.430. The van der Waals surface area contributed by atoms with Gasteiger partial charge in [0.15, 0.2) is 0 Å². The average molecular weight is 331 g/mol. The fourth-order valence-electron chi connectivity index (χ4n) is 2.44. The summed E-state index contributed by atoms with van der Waals surface area (Å²) in [5.74, 6) is 0.435. The van der Waals surface area contributed by atoms with Gasteiger partial charge in [-0.3, -0.25) is 9.47 Å². The predicted octanol–water partition coefficient (Wildman–Crippen LogP) is 2.70. The fourth-order valence-corrected chi connectivity index (χ4v) is 2.44. The van der Waals surface area contributed by atoms with E-state index in [-0.39, 0.29) is 24.8 Å². The zero-order valence-electron chi connectivity index (χ0n) is 11.5. The van der Waals surface area contributed by atoms with Crippen molar-refractivity contribution < 1.29 is 8.78 Å². The number of alkyl halides is 2. The van der Waals surface area contributed by atoms with Gasteiger partial charge in [0.05, 0.1) is 6.54 Å². The molecule has 8 heteroatoms. The van der Waals surface area contributed by atoms with Crippen LogP contribution in [0.5, 0.6) is 0 Å². The first-order chi connectivity index (χ1) is 8.68. The van der Waals surface area contributed by atoms with Crippen molar-refractivity contribution in [3.8, 4) is 0 Å². The van der Waals surface area contributed by atoms with E-state index in [4.69, 9.17) is 0 Å². The van der Waals surface area contributed by atoms with E-state index >= 15 is 0 Å². The maximum Gasteiger partial charge on any atom is 0.319 e. The smallest absolute Gasteiger partial charge is 0.317 e. The third kappa shape index (κ3) is 5.16. The lowest BCUT2D eigenvalue weighted by Gasteiger charge is -2.26. The van der Waals surface area contributed by atoms with Crippen LogP contribution in [0.15, 0.2) is 12.4 Å². The van der Waals surface area contributed by atoms with Crippen LogP contribution < -0.4 is 5.32 Å². The fraction of sp³-hybridized carbons (Fsp3) is 0.750. The molecule has 1 aliphatic heterocycles. The molecule has 0 saturated carbocycles. The first-order valence-electron chi connectivity index (χ1n) is 6.39. The van der Waals surface area contributed by atoms with Crippen molar-refractivity contribution >= 4 is 24.8 Å². The number of nitrogens with zero attached hydrogens (tertiary/aromatic N) is 3. The molecule has 0 radical (unpaired) electrons. The van der Waals surface area contributed by atoms with Crippen LogP contribution in [0.2, 0.25) is 0 Å². The highest BCUT2D eigenvalue weighted by molar-refractivity contribution is 5.85. The van der Waals surface area contributed by atoms with Crippen LogP contribution in [0.25, 0.3) is 0 Å². The molecular weight excluding hydrogens is 309 g/mol. The molecule has 2 heterocycles. The van der Waals surface area contributed by atoms with Gasteiger partial charge in [-0.1, -0.05) is 0 Å². The number of aromatic nitrogens is 2. The monoisotopic (exact) mass is 330 g/mol. The first-order valence-corrected chi connectivity index (χ1v) is 6.39. The van der Waals surface area contributed by atoms with Crippen LogP contribution in [0.1, 0.15) is 31.6 Å². The summed E-state index contributed by atoms with van der Waals surface area (Å²) < 4.78 is 26.4. The molecule has 1 unspecified atom stereocenters. The van der Waals surface area contributed by atoms with Crippen molar-refractivity contribution in [1.82, 2.24) is 19.8 Å². The normalized spacial score (nSPS) is 19.4. The summed E-state index contributed by atoms with van der Waals surface area (Å²) in [6, 6.07) is 0.447. The van der Waals surface area contributed by atoms with Gasteiger partial charge in [-0.15, -0.1) is 24.8 Å². The minimum atomic E-state index is -2.51. The second-order valence-corrected chi connectivity index (χ2v) is 4.78. The van der Waals surface area contributed by atoms with E-state index in [0.717, 1.165) is 36.9 Å². The van der Waals surface area contributed by atoms with Crippen LogP contribution >= 0.6 is 24.8 Å². The molecule has 1 aromatic rings. The van der Waals surface area contributed by atoms with Gasteiger partial charge in [-0.2, -0.15) is 8.78 Å². The SMILES string of the molecule is CN(Cc1nccn1C(F)F)C1CCCNCC1.Cl.Cl. The van der Waals surface area contributed by atoms with Gasteiger partial charge in [-0.25, -0.2) is 4.98 Å². The number of hydrogen-bond acceptors (Lipinski definition) is 3. The Bertz CT molecular complexity index is 368. The number of hydrogen-bond donors (Lipinski definition) is 1. The van der Waals surface area contributed by atoms with E-state index in [1.165, 1.54) is 12.4 Å². The zero-order valence-corrected chi connectivity index (χ0v) is 13.1. The summed E-state index contributed by atoms with van der Waals surface area (Å²) in [6.45, 7) is 0.0164. The minimum Gasteiger partial charge on any atom is -0.317 e. The van der Waals surface area contributed by atoms with Crippen LogP contribution in [-0.4, -0.2) is 40.6 Å². The van der Waals surface area contributed by atoms with E-state index in [1.54, 1.807) is 0 Å². The standard InChI is InChI=1S/C12H20F2N4.2ClH/c1-17(10-3-2-5-15-6-4-10)9-11-16-7-8-18(11)12(13)14;;/h7-8,10,12,15H,2-6,9H2,1H3;2*1H. The van der Waals surface area contributed by atoms with E-state index in [9.17, 15) is 8.78 Å². The van der Waals surface area contributed by atoms with Crippen LogP contribution in [0.3, 0.4) is 0 Å². The molecule has 0 aromatic carbocycles. The summed E-state index contributed by atoms with van der Waals surface area (Å²) in [6.07, 6.45) is 6.08. The highest BCUT2D eigenvalue weighted by Crippen LogP contribution is 2.17. The largest absolute Gasteiger partial charge is 0.319 e. The molecule has 1 aromatic heterocycles. The highest BCUT2D eigenvalue weighted by Gasteiger charge is 2.19. The summed E-state index contributed by atoms with van der Waals surface area (Å²) in [5.41, 5.74) is 0. The molecule has 1 N–H and O–H groups in total. The van der Waals surface area contributed by atoms with Gasteiger partial charge in [0, 0.05) is 18.4 Å². The molecule has 118 valence electrons. The minimum absolute atomic E-state index is 0. The van der Waals surface area contributed by atoms with Crippen molar-refractivity contribution in [1.29, 1.82) is 0 Å². The van der Waals surface area contributed by atoms with E-state index in [2.05, 4.69) is 15.2 Å². The van der Waals surface area contributed by atoms with Gasteiger partial charge in [-0.05, 0) is 39.4 Å². The van der Waals surface area contributed by atoms with Crippen molar-refractivity contribution in [2.75, 3.05) is 20.1 Å². The maximum absolute atomic E-state index is 12.7. The van der Waals surface area contributed by atoms with Crippen molar-refractivity contribution in [2.45, 2.75) is 38.4 Å². The highest BCUT2D eigenvalue weighted by atomic mass is 35.5. The Morgan fingerprint density at radius 2 is 2.15 bits per heavy atom. The lowest BCUT2D eigenvalue weighted by atomic mass is 10.1. The second kappa shape index (κ2) is 9.50. The lowest BCUT2D eigenvalue weighted by Crippen LogP contribution is -2.33. The summed E-state index contributed by atoms with van der Waals surface area (Å²) in [7, 11) is 1.99. The third-order valence-electron chi connectivity index (χ3n) is 3.52. The van der Waals surface area contributed by atoms with Crippen molar-refractivity contribution in [3.05, 3.63) is 18.2 Å². The molecule has 0 spiro atoms. The molecule has 1 aliphatic rings. The zero-order chi connectivity index (χ0) is 13.0. The van der Waals surface area contributed by atoms with E-state index in [1.807, 2.05) is 7.05 Å². The Kier molecular flexibility index (Phi) is 9.29. The van der Waals surface area contributed by atoms with Crippen LogP contribution in [-0.2, 0) is 6.54 Å². The molecule has 1 atom stereocenters. The van der Waals surface area contributed by atoms with Crippen LogP contribution in [0.4, 0.5) is 8.78 Å². The van der Waals surface area contributed by atoms with Gasteiger partial charge in [0.1, 0.15) is 5.82 Å². The quantitative estimate of drug-likeness (QED) is 0.921. The molecule has 1 fully saturated rings. The topological polar surface area (TPSA) is 33.1 Å². The summed E-state index contributed by atoms with van der Waals surface area (Å²) in [5, 5.41) is 3.35. The Morgan fingerprint density at radius 3 is 2.85 bits per heavy atom. The lowest BCUT2D eigenvalue weighted by molar-refractivity contribution is 0.0631. The van der Waals surface area contributed by atoms with Crippen molar-refractivity contribution in [2.24, 2.45) is 0 Å². The Morgan fingerprint density at radius 1 is 1.40 bits per heavy atom. The molecule has 0 bridgehead atoms. The number of nitrogens with one attached hydrogen (secondary N) is 1. The molecular formula is C12H22Cl2F2N4. The average Bonchev–Trinajstić information content (AvgIpc) is 2.63. The second-order valence-electron chi connectivity index (χ2n) is 4.78. The molecule has 2 rings (SSSR count). The van der Waals surface area contributed by atoms with E-state index in [0.29, 0.717) is 18.4 Å². The molecule has 0 aliphatic carbocycles. The van der Waals surface area contributed by atoms with Gasteiger partial charge >= 0.3 is 6.55 Å². The van der Waals surface area contributed by atoms with Gasteiger partial charge < -0.3 is 5.32 Å². The number of halogens is 4. The molecule has 1 saturated heterocycles. The number of rotatable bonds is 4. The van der Waals surface area contributed by atoms with Crippen LogP contribution in [0, 0.1) is 0 Å². The summed E-state index contributed by atoms with van der Waals surface area (Å²) >= 11 is 0. The van der Waals surface area contributed by atoms with Gasteiger partial charge in [0.2, 0.25) is 0 Å². The molecule has 4 nitrogen and oxygen atoms in total. The van der Waals surface area contributed by atoms with Crippen molar-refractivity contribution in [3.63, 3.8) is 0 Å². The Balaban J connectivity index is 0.00000180. The first kappa shape index (κ1) is 19.6. The number of imidazole rings is 1. The van der Waals surface area contributed by atoms with Gasteiger partial charge in [0.25, 0.3) is 0 Å². The predicted molar refractivity (Wildman–Crippen MR) is 80.0 cm³/mol. The molecule has 0 amide bonds. The maximum atomic E-state index is 12.7. The summed E-state index contributed by atoms with van der Waals surface area (Å²) in [4.78, 5) is 6.15. The molecule has 20 heavy (non-hydrogen) atoms. The van der Waals surface area contributed by atoms with E-state index < -0.39 is 6.55 Å².